The molecule has 0 aliphatic heterocycles. The zero-order chi connectivity index (χ0) is 14.8. The van der Waals surface area contributed by atoms with E-state index < -0.39 is 0 Å². The van der Waals surface area contributed by atoms with Crippen LogP contribution in [-0.4, -0.2) is 40.5 Å². The summed E-state index contributed by atoms with van der Waals surface area (Å²) in [4.78, 5) is 0. The summed E-state index contributed by atoms with van der Waals surface area (Å²) in [6.07, 6.45) is 1.01. The van der Waals surface area contributed by atoms with Crippen LogP contribution in [0.15, 0.2) is 24.3 Å². The lowest BCUT2D eigenvalue weighted by Gasteiger charge is -2.24. The molecule has 0 saturated heterocycles. The summed E-state index contributed by atoms with van der Waals surface area (Å²) in [5.74, 6) is 1.01. The molecule has 0 bridgehead atoms. The maximum Gasteiger partial charge on any atom is 0.0587 e. The highest BCUT2D eigenvalue weighted by atomic mass is 35.5. The Labute approximate surface area is 127 Å². The zero-order valence-electron chi connectivity index (χ0n) is 12.7. The molecule has 0 aliphatic carbocycles. The molecule has 1 aromatic rings. The van der Waals surface area contributed by atoms with Crippen molar-refractivity contribution < 1.29 is 9.47 Å². The Bertz CT molecular complexity index is 373. The molecule has 1 N–H and O–H groups in total. The van der Waals surface area contributed by atoms with Crippen LogP contribution < -0.4 is 5.32 Å². The second kappa shape index (κ2) is 10.2. The summed E-state index contributed by atoms with van der Waals surface area (Å²) in [6.45, 7) is 5.58. The Hall–Kier alpha value is -0.610. The van der Waals surface area contributed by atoms with Gasteiger partial charge in [-0.2, -0.15) is 0 Å². The van der Waals surface area contributed by atoms with Crippen molar-refractivity contribution in [3.63, 3.8) is 0 Å². The second-order valence-electron chi connectivity index (χ2n) is 5.22. The molecular formula is C16H26ClNO2. The molecule has 3 nitrogen and oxygen atoms in total. The van der Waals surface area contributed by atoms with Crippen LogP contribution in [0, 0.1) is 11.8 Å². The van der Waals surface area contributed by atoms with Gasteiger partial charge in [0.15, 0.2) is 0 Å². The first-order valence-electron chi connectivity index (χ1n) is 7.10. The van der Waals surface area contributed by atoms with Gasteiger partial charge in [0.05, 0.1) is 6.61 Å². The van der Waals surface area contributed by atoms with Gasteiger partial charge in [-0.05, 0) is 42.5 Å². The third-order valence-electron chi connectivity index (χ3n) is 3.51. The Kier molecular flexibility index (Phi) is 8.86. The number of hydrogen-bond acceptors (Lipinski definition) is 3. The predicted molar refractivity (Wildman–Crippen MR) is 84.4 cm³/mol. The molecule has 0 fully saturated rings. The fourth-order valence-corrected chi connectivity index (χ4v) is 2.51. The van der Waals surface area contributed by atoms with Crippen molar-refractivity contribution in [3.8, 4) is 0 Å². The highest BCUT2D eigenvalue weighted by Gasteiger charge is 2.17. The summed E-state index contributed by atoms with van der Waals surface area (Å²) in [6, 6.07) is 8.10. The first-order valence-corrected chi connectivity index (χ1v) is 7.48. The molecule has 20 heavy (non-hydrogen) atoms. The van der Waals surface area contributed by atoms with E-state index in [0.717, 1.165) is 37.7 Å². The van der Waals surface area contributed by atoms with Crippen LogP contribution >= 0.6 is 11.6 Å². The largest absolute Gasteiger partial charge is 0.384 e. The zero-order valence-corrected chi connectivity index (χ0v) is 13.5. The molecule has 0 radical (unpaired) electrons. The van der Waals surface area contributed by atoms with Gasteiger partial charge in [0.2, 0.25) is 0 Å². The Morgan fingerprint density at radius 3 is 2.70 bits per heavy atom. The Morgan fingerprint density at radius 2 is 2.05 bits per heavy atom. The monoisotopic (exact) mass is 299 g/mol. The lowest BCUT2D eigenvalue weighted by Crippen LogP contribution is -2.32. The topological polar surface area (TPSA) is 30.5 Å². The van der Waals surface area contributed by atoms with Crippen molar-refractivity contribution >= 4 is 11.6 Å². The van der Waals surface area contributed by atoms with E-state index in [2.05, 4.69) is 18.3 Å². The minimum absolute atomic E-state index is 0.494. The summed E-state index contributed by atoms with van der Waals surface area (Å²) < 4.78 is 10.4. The SMILES string of the molecule is COCCNCC(Cc1cccc(Cl)c1)C(C)COC. The number of rotatable bonds is 10. The van der Waals surface area contributed by atoms with Crippen LogP contribution in [-0.2, 0) is 15.9 Å². The first kappa shape index (κ1) is 17.4. The molecule has 0 aromatic heterocycles. The number of nitrogens with one attached hydrogen (secondary N) is 1. The molecule has 0 saturated carbocycles. The van der Waals surface area contributed by atoms with Crippen LogP contribution in [0.2, 0.25) is 5.02 Å². The van der Waals surface area contributed by atoms with Gasteiger partial charge in [0.1, 0.15) is 0 Å². The van der Waals surface area contributed by atoms with Gasteiger partial charge in [-0.25, -0.2) is 0 Å². The molecular weight excluding hydrogens is 274 g/mol. The predicted octanol–water partition coefficient (Wildman–Crippen LogP) is 3.02. The normalized spacial score (nSPS) is 14.2. The van der Waals surface area contributed by atoms with Gasteiger partial charge >= 0.3 is 0 Å². The molecule has 0 aliphatic rings. The summed E-state index contributed by atoms with van der Waals surface area (Å²) in [5, 5.41) is 4.25. The maximum atomic E-state index is 6.06. The summed E-state index contributed by atoms with van der Waals surface area (Å²) in [5.41, 5.74) is 1.28. The van der Waals surface area contributed by atoms with Gasteiger partial charge < -0.3 is 14.8 Å². The third-order valence-corrected chi connectivity index (χ3v) is 3.75. The van der Waals surface area contributed by atoms with Crippen LogP contribution in [0.1, 0.15) is 12.5 Å². The molecule has 114 valence electrons. The molecule has 2 atom stereocenters. The van der Waals surface area contributed by atoms with E-state index in [1.54, 1.807) is 14.2 Å². The van der Waals surface area contributed by atoms with Crippen molar-refractivity contribution in [1.82, 2.24) is 5.32 Å². The number of halogens is 1. The Morgan fingerprint density at radius 1 is 1.25 bits per heavy atom. The summed E-state index contributed by atoms with van der Waals surface area (Å²) >= 11 is 6.06. The quantitative estimate of drug-likeness (QED) is 0.674. The van der Waals surface area contributed by atoms with E-state index in [1.165, 1.54) is 5.56 Å². The number of ether oxygens (including phenoxy) is 2. The fourth-order valence-electron chi connectivity index (χ4n) is 2.30. The van der Waals surface area contributed by atoms with Crippen LogP contribution in [0.25, 0.3) is 0 Å². The fraction of sp³-hybridized carbons (Fsp3) is 0.625. The van der Waals surface area contributed by atoms with Crippen molar-refractivity contribution in [2.45, 2.75) is 13.3 Å². The van der Waals surface area contributed by atoms with E-state index >= 15 is 0 Å². The first-order chi connectivity index (χ1) is 9.67. The minimum atomic E-state index is 0.494. The molecule has 0 heterocycles. The van der Waals surface area contributed by atoms with Gasteiger partial charge in [-0.1, -0.05) is 30.7 Å². The average molecular weight is 300 g/mol. The Balaban J connectivity index is 2.56. The molecule has 4 heteroatoms. The van der Waals surface area contributed by atoms with Gasteiger partial charge in [0.25, 0.3) is 0 Å². The highest BCUT2D eigenvalue weighted by molar-refractivity contribution is 6.30. The second-order valence-corrected chi connectivity index (χ2v) is 5.66. The smallest absolute Gasteiger partial charge is 0.0587 e. The minimum Gasteiger partial charge on any atom is -0.384 e. The van der Waals surface area contributed by atoms with Crippen LogP contribution in [0.5, 0.6) is 0 Å². The number of benzene rings is 1. The van der Waals surface area contributed by atoms with E-state index in [4.69, 9.17) is 21.1 Å². The van der Waals surface area contributed by atoms with Crippen molar-refractivity contribution in [2.24, 2.45) is 11.8 Å². The van der Waals surface area contributed by atoms with E-state index in [1.807, 2.05) is 18.2 Å². The van der Waals surface area contributed by atoms with Crippen molar-refractivity contribution in [3.05, 3.63) is 34.9 Å². The van der Waals surface area contributed by atoms with Gasteiger partial charge in [-0.15, -0.1) is 0 Å². The molecule has 1 aromatic carbocycles. The molecule has 2 unspecified atom stereocenters. The van der Waals surface area contributed by atoms with E-state index in [-0.39, 0.29) is 0 Å². The maximum absolute atomic E-state index is 6.06. The van der Waals surface area contributed by atoms with E-state index in [9.17, 15) is 0 Å². The summed E-state index contributed by atoms with van der Waals surface area (Å²) in [7, 11) is 3.48. The van der Waals surface area contributed by atoms with Gasteiger partial charge in [0, 0.05) is 32.4 Å². The van der Waals surface area contributed by atoms with Crippen LogP contribution in [0.3, 0.4) is 0 Å². The molecule has 0 amide bonds. The number of hydrogen-bond donors (Lipinski definition) is 1. The van der Waals surface area contributed by atoms with Crippen molar-refractivity contribution in [1.29, 1.82) is 0 Å². The lowest BCUT2D eigenvalue weighted by molar-refractivity contribution is 0.126. The lowest BCUT2D eigenvalue weighted by atomic mass is 9.88. The molecule has 0 spiro atoms. The van der Waals surface area contributed by atoms with Gasteiger partial charge in [-0.3, -0.25) is 0 Å². The van der Waals surface area contributed by atoms with E-state index in [0.29, 0.717) is 11.8 Å². The van der Waals surface area contributed by atoms with Crippen molar-refractivity contribution in [2.75, 3.05) is 40.5 Å². The number of methoxy groups -OCH3 is 2. The van der Waals surface area contributed by atoms with Crippen LogP contribution in [0.4, 0.5) is 0 Å². The standard InChI is InChI=1S/C16H26ClNO2/c1-13(12-20-3)15(11-18-7-8-19-2)9-14-5-4-6-16(17)10-14/h4-6,10,13,15,18H,7-9,11-12H2,1-3H3. The highest BCUT2D eigenvalue weighted by Crippen LogP contribution is 2.20. The average Bonchev–Trinajstić information content (AvgIpc) is 2.42. The third kappa shape index (κ3) is 6.71. The molecule has 1 rings (SSSR count).